The fourth-order valence-electron chi connectivity index (χ4n) is 1.82. The number of hydrogen-bond donors (Lipinski definition) is 1. The van der Waals surface area contributed by atoms with E-state index in [-0.39, 0.29) is 5.91 Å². The number of ether oxygens (including phenoxy) is 1. The van der Waals surface area contributed by atoms with Gasteiger partial charge in [-0.25, -0.2) is 4.98 Å². The van der Waals surface area contributed by atoms with Crippen LogP contribution in [0.15, 0.2) is 12.4 Å². The Kier molecular flexibility index (Phi) is 4.11. The van der Waals surface area contributed by atoms with Crippen LogP contribution in [-0.4, -0.2) is 59.8 Å². The number of nitrogens with zero attached hydrogens (tertiary/aromatic N) is 3. The third kappa shape index (κ3) is 3.28. The Bertz CT molecular complexity index is 371. The maximum absolute atomic E-state index is 11.7. The van der Waals surface area contributed by atoms with E-state index in [1.54, 1.807) is 17.0 Å². The third-order valence-corrected chi connectivity index (χ3v) is 2.84. The molecule has 1 fully saturated rings. The summed E-state index contributed by atoms with van der Waals surface area (Å²) in [5.41, 5.74) is 0. The zero-order valence-electron chi connectivity index (χ0n) is 10.1. The van der Waals surface area contributed by atoms with Crippen molar-refractivity contribution in [1.29, 1.82) is 0 Å². The fourth-order valence-corrected chi connectivity index (χ4v) is 1.82. The number of carbonyl (C=O) groups excluding carboxylic acids is 1. The molecule has 0 spiro atoms. The summed E-state index contributed by atoms with van der Waals surface area (Å²) in [5, 5.41) is 2.87. The van der Waals surface area contributed by atoms with Crippen LogP contribution in [0.5, 0.6) is 0 Å². The summed E-state index contributed by atoms with van der Waals surface area (Å²) in [6, 6.07) is 0. The van der Waals surface area contributed by atoms with Gasteiger partial charge in [-0.2, -0.15) is 0 Å². The maximum Gasteiger partial charge on any atom is 0.287 e. The Balaban J connectivity index is 1.71. The lowest BCUT2D eigenvalue weighted by Crippen LogP contribution is -2.41. The monoisotopic (exact) mass is 238 g/mol. The third-order valence-electron chi connectivity index (χ3n) is 2.84. The molecule has 6 nitrogen and oxygen atoms in total. The Morgan fingerprint density at radius 1 is 1.53 bits per heavy atom. The average molecular weight is 238 g/mol. The number of nitrogens with one attached hydrogen (secondary N) is 1. The highest BCUT2D eigenvalue weighted by molar-refractivity contribution is 5.90. The summed E-state index contributed by atoms with van der Waals surface area (Å²) in [7, 11) is 1.81. The summed E-state index contributed by atoms with van der Waals surface area (Å²) in [6.45, 7) is 4.96. The molecule has 1 aliphatic rings. The molecule has 0 saturated carbocycles. The highest BCUT2D eigenvalue weighted by Crippen LogP contribution is 1.96. The molecule has 1 aromatic rings. The van der Waals surface area contributed by atoms with Crippen LogP contribution in [0.4, 0.5) is 0 Å². The number of rotatable bonds is 4. The molecule has 6 heteroatoms. The van der Waals surface area contributed by atoms with Crippen molar-refractivity contribution in [3.63, 3.8) is 0 Å². The van der Waals surface area contributed by atoms with Crippen molar-refractivity contribution < 1.29 is 9.53 Å². The van der Waals surface area contributed by atoms with Gasteiger partial charge in [0, 0.05) is 45.6 Å². The second kappa shape index (κ2) is 5.79. The lowest BCUT2D eigenvalue weighted by Gasteiger charge is -2.26. The van der Waals surface area contributed by atoms with Crippen LogP contribution in [0, 0.1) is 0 Å². The summed E-state index contributed by atoms with van der Waals surface area (Å²) in [5.74, 6) is 0.331. The molecule has 0 radical (unpaired) electrons. The minimum absolute atomic E-state index is 0.120. The van der Waals surface area contributed by atoms with Crippen molar-refractivity contribution in [2.45, 2.75) is 0 Å². The molecule has 2 heterocycles. The van der Waals surface area contributed by atoms with Gasteiger partial charge in [0.2, 0.25) is 0 Å². The predicted octanol–water partition coefficient (Wildman–Crippen LogP) is -0.518. The van der Waals surface area contributed by atoms with Gasteiger partial charge in [0.1, 0.15) is 0 Å². The van der Waals surface area contributed by atoms with Gasteiger partial charge in [0.25, 0.3) is 5.91 Å². The predicted molar refractivity (Wildman–Crippen MR) is 62.8 cm³/mol. The number of aromatic nitrogens is 2. The lowest BCUT2D eigenvalue weighted by molar-refractivity contribution is 0.0383. The van der Waals surface area contributed by atoms with Crippen molar-refractivity contribution in [3.8, 4) is 0 Å². The molecule has 1 amide bonds. The smallest absolute Gasteiger partial charge is 0.287 e. The molecular weight excluding hydrogens is 220 g/mol. The number of imidazole rings is 1. The molecular formula is C11H18N4O2. The SMILES string of the molecule is Cn1ccnc1C(=O)NCCN1CCOCC1. The van der Waals surface area contributed by atoms with E-state index in [1.165, 1.54) is 0 Å². The Labute approximate surface area is 101 Å². The average Bonchev–Trinajstić information content (AvgIpc) is 2.77. The number of amides is 1. The van der Waals surface area contributed by atoms with Crippen LogP contribution in [0.3, 0.4) is 0 Å². The van der Waals surface area contributed by atoms with E-state index in [4.69, 9.17) is 4.74 Å². The zero-order chi connectivity index (χ0) is 12.1. The summed E-state index contributed by atoms with van der Waals surface area (Å²) >= 11 is 0. The number of morpholine rings is 1. The van der Waals surface area contributed by atoms with Gasteiger partial charge >= 0.3 is 0 Å². The molecule has 1 saturated heterocycles. The Morgan fingerprint density at radius 3 is 2.94 bits per heavy atom. The van der Waals surface area contributed by atoms with Crippen LogP contribution < -0.4 is 5.32 Å². The normalized spacial score (nSPS) is 17.0. The van der Waals surface area contributed by atoms with Crippen molar-refractivity contribution in [2.24, 2.45) is 7.05 Å². The van der Waals surface area contributed by atoms with Crippen LogP contribution >= 0.6 is 0 Å². The van der Waals surface area contributed by atoms with Gasteiger partial charge < -0.3 is 14.6 Å². The van der Waals surface area contributed by atoms with Crippen molar-refractivity contribution in [2.75, 3.05) is 39.4 Å². The van der Waals surface area contributed by atoms with Gasteiger partial charge in [-0.1, -0.05) is 0 Å². The first-order valence-electron chi connectivity index (χ1n) is 5.83. The first kappa shape index (κ1) is 12.1. The molecule has 0 bridgehead atoms. The van der Waals surface area contributed by atoms with Crippen LogP contribution in [0.25, 0.3) is 0 Å². The first-order chi connectivity index (χ1) is 8.27. The summed E-state index contributed by atoms with van der Waals surface area (Å²) in [4.78, 5) is 18.0. The number of aryl methyl sites for hydroxylation is 1. The molecule has 1 aromatic heterocycles. The first-order valence-corrected chi connectivity index (χ1v) is 5.83. The maximum atomic E-state index is 11.7. The van der Waals surface area contributed by atoms with E-state index >= 15 is 0 Å². The zero-order valence-corrected chi connectivity index (χ0v) is 10.1. The van der Waals surface area contributed by atoms with E-state index in [1.807, 2.05) is 7.05 Å². The molecule has 0 aromatic carbocycles. The topological polar surface area (TPSA) is 59.4 Å². The van der Waals surface area contributed by atoms with Crippen molar-refractivity contribution in [3.05, 3.63) is 18.2 Å². The molecule has 1 aliphatic heterocycles. The molecule has 0 atom stereocenters. The van der Waals surface area contributed by atoms with Crippen molar-refractivity contribution >= 4 is 5.91 Å². The minimum atomic E-state index is -0.120. The highest BCUT2D eigenvalue weighted by atomic mass is 16.5. The molecule has 94 valence electrons. The van der Waals surface area contributed by atoms with E-state index in [9.17, 15) is 4.79 Å². The number of carbonyl (C=O) groups is 1. The van der Waals surface area contributed by atoms with Crippen LogP contribution in [-0.2, 0) is 11.8 Å². The molecule has 1 N–H and O–H groups in total. The molecule has 0 aliphatic carbocycles. The molecule has 0 unspecified atom stereocenters. The Morgan fingerprint density at radius 2 is 2.29 bits per heavy atom. The van der Waals surface area contributed by atoms with E-state index in [2.05, 4.69) is 15.2 Å². The summed E-state index contributed by atoms with van der Waals surface area (Å²) in [6.07, 6.45) is 3.38. The Hall–Kier alpha value is -1.40. The second-order valence-corrected chi connectivity index (χ2v) is 4.07. The second-order valence-electron chi connectivity index (χ2n) is 4.07. The lowest BCUT2D eigenvalue weighted by atomic mass is 10.4. The fraction of sp³-hybridized carbons (Fsp3) is 0.636. The number of hydrogen-bond acceptors (Lipinski definition) is 4. The van der Waals surface area contributed by atoms with Gasteiger partial charge in [-0.15, -0.1) is 0 Å². The highest BCUT2D eigenvalue weighted by Gasteiger charge is 2.12. The largest absolute Gasteiger partial charge is 0.379 e. The minimum Gasteiger partial charge on any atom is -0.379 e. The van der Waals surface area contributed by atoms with Gasteiger partial charge in [-0.3, -0.25) is 9.69 Å². The standard InChI is InChI=1S/C11H18N4O2/c1-14-4-2-12-10(14)11(16)13-3-5-15-6-8-17-9-7-15/h2,4H,3,5-9H2,1H3,(H,13,16). The van der Waals surface area contributed by atoms with Crippen LogP contribution in [0.1, 0.15) is 10.6 Å². The van der Waals surface area contributed by atoms with Gasteiger partial charge in [0.05, 0.1) is 13.2 Å². The van der Waals surface area contributed by atoms with E-state index in [0.29, 0.717) is 12.4 Å². The van der Waals surface area contributed by atoms with Gasteiger partial charge in [-0.05, 0) is 0 Å². The van der Waals surface area contributed by atoms with Crippen molar-refractivity contribution in [1.82, 2.24) is 19.8 Å². The van der Waals surface area contributed by atoms with E-state index in [0.717, 1.165) is 32.8 Å². The van der Waals surface area contributed by atoms with Gasteiger partial charge in [0.15, 0.2) is 5.82 Å². The quantitative estimate of drug-likeness (QED) is 0.767. The molecule has 17 heavy (non-hydrogen) atoms. The van der Waals surface area contributed by atoms with E-state index < -0.39 is 0 Å². The van der Waals surface area contributed by atoms with Crippen LogP contribution in [0.2, 0.25) is 0 Å². The summed E-state index contributed by atoms with van der Waals surface area (Å²) < 4.78 is 6.97. The molecule has 2 rings (SSSR count).